The molecule has 0 saturated carbocycles. The minimum absolute atomic E-state index is 0.622. The van der Waals surface area contributed by atoms with Gasteiger partial charge in [0.15, 0.2) is 0 Å². The van der Waals surface area contributed by atoms with Gasteiger partial charge < -0.3 is 15.1 Å². The van der Waals surface area contributed by atoms with Crippen molar-refractivity contribution in [3.05, 3.63) is 22.9 Å². The van der Waals surface area contributed by atoms with Gasteiger partial charge in [-0.05, 0) is 52.5 Å². The van der Waals surface area contributed by atoms with E-state index in [2.05, 4.69) is 63.0 Å². The summed E-state index contributed by atoms with van der Waals surface area (Å²) in [6.45, 7) is 12.8. The lowest BCUT2D eigenvalue weighted by atomic mass is 10.1. The molecule has 0 amide bonds. The molecule has 0 saturated heterocycles. The van der Waals surface area contributed by atoms with E-state index < -0.39 is 0 Å². The molecule has 0 aliphatic heterocycles. The summed E-state index contributed by atoms with van der Waals surface area (Å²) in [4.78, 5) is 9.52. The van der Waals surface area contributed by atoms with Crippen LogP contribution in [0, 0.1) is 19.8 Å². The lowest BCUT2D eigenvalue weighted by molar-refractivity contribution is 0.408. The molecule has 0 fully saturated rings. The van der Waals surface area contributed by atoms with Crippen LogP contribution < -0.4 is 10.2 Å². The molecular weight excluding hydrogens is 260 g/mol. The second-order valence-corrected chi connectivity index (χ2v) is 6.56. The van der Waals surface area contributed by atoms with Crippen molar-refractivity contribution in [1.29, 1.82) is 0 Å². The van der Waals surface area contributed by atoms with Crippen molar-refractivity contribution in [3.63, 3.8) is 0 Å². The summed E-state index contributed by atoms with van der Waals surface area (Å²) in [6.07, 6.45) is 0. The molecule has 0 aliphatic carbocycles. The Kier molecular flexibility index (Phi) is 7.12. The fourth-order valence-electron chi connectivity index (χ4n) is 2.55. The van der Waals surface area contributed by atoms with Crippen molar-refractivity contribution < 1.29 is 0 Å². The molecule has 0 aromatic carbocycles. The predicted molar refractivity (Wildman–Crippen MR) is 92.1 cm³/mol. The van der Waals surface area contributed by atoms with Crippen molar-refractivity contribution in [2.45, 2.75) is 34.2 Å². The number of hydrogen-bond donors (Lipinski definition) is 1. The molecule has 0 unspecified atom stereocenters. The maximum absolute atomic E-state index is 4.85. The van der Waals surface area contributed by atoms with Crippen LogP contribution in [0.1, 0.15) is 30.7 Å². The van der Waals surface area contributed by atoms with E-state index in [1.165, 1.54) is 11.1 Å². The molecule has 1 rings (SSSR count). The zero-order valence-electron chi connectivity index (χ0n) is 14.8. The summed E-state index contributed by atoms with van der Waals surface area (Å²) >= 11 is 0. The maximum atomic E-state index is 4.85. The third-order valence-electron chi connectivity index (χ3n) is 3.51. The Labute approximate surface area is 130 Å². The fourth-order valence-corrected chi connectivity index (χ4v) is 2.55. The Morgan fingerprint density at radius 1 is 1.19 bits per heavy atom. The van der Waals surface area contributed by atoms with Crippen LogP contribution in [0.5, 0.6) is 0 Å². The summed E-state index contributed by atoms with van der Waals surface area (Å²) < 4.78 is 0. The van der Waals surface area contributed by atoms with Crippen molar-refractivity contribution in [3.8, 4) is 0 Å². The van der Waals surface area contributed by atoms with E-state index >= 15 is 0 Å². The Hall–Kier alpha value is -1.13. The van der Waals surface area contributed by atoms with Crippen LogP contribution in [-0.4, -0.2) is 50.7 Å². The first kappa shape index (κ1) is 17.9. The molecule has 1 aromatic rings. The third kappa shape index (κ3) is 5.64. The summed E-state index contributed by atoms with van der Waals surface area (Å²) in [5.74, 6) is 1.77. The highest BCUT2D eigenvalue weighted by Crippen LogP contribution is 2.23. The van der Waals surface area contributed by atoms with Crippen molar-refractivity contribution in [2.24, 2.45) is 5.92 Å². The van der Waals surface area contributed by atoms with Gasteiger partial charge >= 0.3 is 0 Å². The molecule has 4 heteroatoms. The van der Waals surface area contributed by atoms with Crippen LogP contribution >= 0.6 is 0 Å². The van der Waals surface area contributed by atoms with Gasteiger partial charge in [-0.1, -0.05) is 13.8 Å². The highest BCUT2D eigenvalue weighted by Gasteiger charge is 2.16. The molecule has 0 atom stereocenters. The molecule has 0 spiro atoms. The van der Waals surface area contributed by atoms with Gasteiger partial charge in [-0.2, -0.15) is 0 Å². The van der Waals surface area contributed by atoms with Crippen LogP contribution in [0.2, 0.25) is 0 Å². The number of aromatic nitrogens is 1. The van der Waals surface area contributed by atoms with Crippen LogP contribution in [0.3, 0.4) is 0 Å². The zero-order valence-corrected chi connectivity index (χ0v) is 14.8. The van der Waals surface area contributed by atoms with E-state index in [1.54, 1.807) is 0 Å². The van der Waals surface area contributed by atoms with Crippen molar-refractivity contribution in [2.75, 3.05) is 45.7 Å². The standard InChI is InChI=1S/C17H32N4/c1-13(2)12-21(9-8-20(6)7)17-16(11-18-5)14(3)10-15(4)19-17/h10,13,18H,8-9,11-12H2,1-7H3. The smallest absolute Gasteiger partial charge is 0.133 e. The Morgan fingerprint density at radius 2 is 1.86 bits per heavy atom. The lowest BCUT2D eigenvalue weighted by Crippen LogP contribution is -2.36. The maximum Gasteiger partial charge on any atom is 0.133 e. The molecule has 0 radical (unpaired) electrons. The van der Waals surface area contributed by atoms with Crippen molar-refractivity contribution >= 4 is 5.82 Å². The SMILES string of the molecule is CNCc1c(C)cc(C)nc1N(CCN(C)C)CC(C)C. The molecular formula is C17H32N4. The van der Waals surface area contributed by atoms with Gasteiger partial charge in [-0.25, -0.2) is 4.98 Å². The highest BCUT2D eigenvalue weighted by molar-refractivity contribution is 5.51. The minimum atomic E-state index is 0.622. The number of aryl methyl sites for hydroxylation is 2. The predicted octanol–water partition coefficient (Wildman–Crippen LogP) is 2.44. The summed E-state index contributed by atoms with van der Waals surface area (Å²) in [7, 11) is 6.24. The van der Waals surface area contributed by atoms with E-state index in [0.717, 1.165) is 37.7 Å². The Bertz CT molecular complexity index is 441. The van der Waals surface area contributed by atoms with E-state index in [4.69, 9.17) is 4.98 Å². The Balaban J connectivity index is 3.14. The number of rotatable bonds is 8. The van der Waals surface area contributed by atoms with Gasteiger partial charge in [-0.15, -0.1) is 0 Å². The average molecular weight is 292 g/mol. The van der Waals surface area contributed by atoms with E-state index in [0.29, 0.717) is 5.92 Å². The number of hydrogen-bond acceptors (Lipinski definition) is 4. The largest absolute Gasteiger partial charge is 0.355 e. The van der Waals surface area contributed by atoms with Gasteiger partial charge in [-0.3, -0.25) is 0 Å². The van der Waals surface area contributed by atoms with Crippen LogP contribution in [0.25, 0.3) is 0 Å². The normalized spacial score (nSPS) is 11.5. The van der Waals surface area contributed by atoms with E-state index in [9.17, 15) is 0 Å². The molecule has 120 valence electrons. The first-order valence-corrected chi connectivity index (χ1v) is 7.86. The van der Waals surface area contributed by atoms with Crippen molar-refractivity contribution in [1.82, 2.24) is 15.2 Å². The second-order valence-electron chi connectivity index (χ2n) is 6.56. The first-order chi connectivity index (χ1) is 9.85. The molecule has 1 aromatic heterocycles. The average Bonchev–Trinajstić information content (AvgIpc) is 2.37. The van der Waals surface area contributed by atoms with Crippen LogP contribution in [-0.2, 0) is 6.54 Å². The van der Waals surface area contributed by atoms with Gasteiger partial charge in [0.2, 0.25) is 0 Å². The van der Waals surface area contributed by atoms with Crippen LogP contribution in [0.4, 0.5) is 5.82 Å². The van der Waals surface area contributed by atoms with Gasteiger partial charge in [0.1, 0.15) is 5.82 Å². The monoisotopic (exact) mass is 292 g/mol. The molecule has 0 bridgehead atoms. The van der Waals surface area contributed by atoms with E-state index in [1.807, 2.05) is 7.05 Å². The van der Waals surface area contributed by atoms with Gasteiger partial charge in [0.25, 0.3) is 0 Å². The highest BCUT2D eigenvalue weighted by atomic mass is 15.2. The number of anilines is 1. The number of likely N-dealkylation sites (N-methyl/N-ethyl adjacent to an activating group) is 1. The minimum Gasteiger partial charge on any atom is -0.355 e. The topological polar surface area (TPSA) is 31.4 Å². The lowest BCUT2D eigenvalue weighted by Gasteiger charge is -2.30. The molecule has 1 heterocycles. The number of nitrogens with zero attached hydrogens (tertiary/aromatic N) is 3. The van der Waals surface area contributed by atoms with Gasteiger partial charge in [0.05, 0.1) is 0 Å². The zero-order chi connectivity index (χ0) is 16.0. The Morgan fingerprint density at radius 3 is 2.38 bits per heavy atom. The number of nitrogens with one attached hydrogen (secondary N) is 1. The third-order valence-corrected chi connectivity index (χ3v) is 3.51. The molecule has 21 heavy (non-hydrogen) atoms. The summed E-state index contributed by atoms with van der Waals surface area (Å²) in [5, 5.41) is 3.28. The summed E-state index contributed by atoms with van der Waals surface area (Å²) in [5.41, 5.74) is 3.74. The van der Waals surface area contributed by atoms with Gasteiger partial charge in [0, 0.05) is 37.4 Å². The molecule has 0 aliphatic rings. The van der Waals surface area contributed by atoms with E-state index in [-0.39, 0.29) is 0 Å². The first-order valence-electron chi connectivity index (χ1n) is 7.86. The van der Waals surface area contributed by atoms with Crippen LogP contribution in [0.15, 0.2) is 6.07 Å². The molecule has 1 N–H and O–H groups in total. The molecule has 4 nitrogen and oxygen atoms in total. The second kappa shape index (κ2) is 8.35. The number of pyridine rings is 1. The quantitative estimate of drug-likeness (QED) is 0.797. The summed E-state index contributed by atoms with van der Waals surface area (Å²) in [6, 6.07) is 2.18. The fraction of sp³-hybridized carbons (Fsp3) is 0.706.